The summed E-state index contributed by atoms with van der Waals surface area (Å²) in [4.78, 5) is 16.7. The normalized spacial score (nSPS) is 10.7. The Labute approximate surface area is 124 Å². The van der Waals surface area contributed by atoms with E-state index in [1.54, 1.807) is 6.07 Å². The topological polar surface area (TPSA) is 46.4 Å². The number of amides is 1. The van der Waals surface area contributed by atoms with Crippen molar-refractivity contribution in [3.63, 3.8) is 0 Å². The van der Waals surface area contributed by atoms with Gasteiger partial charge in [0.25, 0.3) is 5.91 Å². The molecule has 4 nitrogen and oxygen atoms in total. The molecule has 0 radical (unpaired) electrons. The number of hydrogen-bond acceptors (Lipinski definition) is 2. The Bertz CT molecular complexity index is 777. The van der Waals surface area contributed by atoms with Gasteiger partial charge in [0.1, 0.15) is 5.65 Å². The highest BCUT2D eigenvalue weighted by atomic mass is 79.9. The molecule has 1 aromatic carbocycles. The van der Waals surface area contributed by atoms with Gasteiger partial charge in [0.05, 0.1) is 11.3 Å². The van der Waals surface area contributed by atoms with E-state index in [0.717, 1.165) is 15.9 Å². The van der Waals surface area contributed by atoms with Crippen LogP contribution in [0.4, 0.5) is 5.69 Å². The van der Waals surface area contributed by atoms with Gasteiger partial charge in [0.15, 0.2) is 0 Å². The molecule has 3 rings (SSSR count). The van der Waals surface area contributed by atoms with Gasteiger partial charge < -0.3 is 9.72 Å². The summed E-state index contributed by atoms with van der Waals surface area (Å²) < 4.78 is 2.83. The zero-order valence-electron chi connectivity index (χ0n) is 10.8. The summed E-state index contributed by atoms with van der Waals surface area (Å²) in [6.07, 6.45) is 3.78. The summed E-state index contributed by atoms with van der Waals surface area (Å²) in [7, 11) is 0. The Morgan fingerprint density at radius 1 is 1.25 bits per heavy atom. The summed E-state index contributed by atoms with van der Waals surface area (Å²) in [5.74, 6) is -0.163. The number of anilines is 1. The highest BCUT2D eigenvalue weighted by molar-refractivity contribution is 9.10. The fourth-order valence-corrected chi connectivity index (χ4v) is 2.31. The summed E-state index contributed by atoms with van der Waals surface area (Å²) in [5, 5.41) is 2.87. The van der Waals surface area contributed by atoms with Crippen LogP contribution in [-0.2, 0) is 0 Å². The SMILES string of the molecule is Cc1cn2cccc(C(=O)Nc3ccc(Br)cc3)c2n1. The zero-order valence-corrected chi connectivity index (χ0v) is 12.4. The predicted octanol–water partition coefficient (Wildman–Crippen LogP) is 3.66. The maximum atomic E-state index is 12.3. The smallest absolute Gasteiger partial charge is 0.259 e. The van der Waals surface area contributed by atoms with Crippen molar-refractivity contribution < 1.29 is 4.79 Å². The van der Waals surface area contributed by atoms with E-state index in [9.17, 15) is 4.79 Å². The fourth-order valence-electron chi connectivity index (χ4n) is 2.04. The van der Waals surface area contributed by atoms with Crippen molar-refractivity contribution in [2.24, 2.45) is 0 Å². The standard InChI is InChI=1S/C15H12BrN3O/c1-10-9-19-8-2-3-13(14(19)17-10)15(20)18-12-6-4-11(16)5-7-12/h2-9H,1H3,(H,18,20). The van der Waals surface area contributed by atoms with Crippen molar-refractivity contribution in [1.29, 1.82) is 0 Å². The van der Waals surface area contributed by atoms with Crippen LogP contribution < -0.4 is 5.32 Å². The van der Waals surface area contributed by atoms with Gasteiger partial charge >= 0.3 is 0 Å². The number of imidazole rings is 1. The summed E-state index contributed by atoms with van der Waals surface area (Å²) in [6, 6.07) is 11.1. The number of hydrogen-bond donors (Lipinski definition) is 1. The second-order valence-corrected chi connectivity index (χ2v) is 5.41. The Morgan fingerprint density at radius 3 is 2.75 bits per heavy atom. The molecule has 2 aromatic heterocycles. The van der Waals surface area contributed by atoms with Gasteiger partial charge in [0.2, 0.25) is 0 Å². The molecule has 0 saturated heterocycles. The lowest BCUT2D eigenvalue weighted by Gasteiger charge is -2.06. The van der Waals surface area contributed by atoms with Crippen LogP contribution in [0.1, 0.15) is 16.1 Å². The largest absolute Gasteiger partial charge is 0.322 e. The van der Waals surface area contributed by atoms with Gasteiger partial charge in [-0.1, -0.05) is 15.9 Å². The molecule has 0 aliphatic rings. The molecule has 20 heavy (non-hydrogen) atoms. The molecule has 1 N–H and O–H groups in total. The van der Waals surface area contributed by atoms with Crippen LogP contribution >= 0.6 is 15.9 Å². The van der Waals surface area contributed by atoms with E-state index in [4.69, 9.17) is 0 Å². The van der Waals surface area contributed by atoms with Crippen LogP contribution in [0.3, 0.4) is 0 Å². The molecule has 0 aliphatic carbocycles. The minimum Gasteiger partial charge on any atom is -0.322 e. The Balaban J connectivity index is 1.94. The predicted molar refractivity (Wildman–Crippen MR) is 82.0 cm³/mol. The molecule has 1 amide bonds. The summed E-state index contributed by atoms with van der Waals surface area (Å²) in [5.41, 5.74) is 2.86. The molecule has 0 unspecified atom stereocenters. The molecule has 0 fully saturated rings. The molecule has 100 valence electrons. The van der Waals surface area contributed by atoms with Crippen molar-refractivity contribution in [3.05, 3.63) is 64.5 Å². The molecular formula is C15H12BrN3O. The number of aryl methyl sites for hydroxylation is 1. The maximum Gasteiger partial charge on any atom is 0.259 e. The number of nitrogens with one attached hydrogen (secondary N) is 1. The van der Waals surface area contributed by atoms with E-state index in [1.807, 2.05) is 54.0 Å². The molecule has 0 bridgehead atoms. The van der Waals surface area contributed by atoms with Crippen LogP contribution in [0.15, 0.2) is 53.3 Å². The lowest BCUT2D eigenvalue weighted by molar-refractivity contribution is 0.102. The fraction of sp³-hybridized carbons (Fsp3) is 0.0667. The highest BCUT2D eigenvalue weighted by Crippen LogP contribution is 2.17. The van der Waals surface area contributed by atoms with E-state index in [0.29, 0.717) is 11.2 Å². The molecule has 3 aromatic rings. The van der Waals surface area contributed by atoms with Crippen LogP contribution in [0.5, 0.6) is 0 Å². The molecule has 0 saturated carbocycles. The average Bonchev–Trinajstić information content (AvgIpc) is 2.81. The van der Waals surface area contributed by atoms with Gasteiger partial charge in [-0.2, -0.15) is 0 Å². The quantitative estimate of drug-likeness (QED) is 0.779. The van der Waals surface area contributed by atoms with Crippen molar-refractivity contribution >= 4 is 33.2 Å². The highest BCUT2D eigenvalue weighted by Gasteiger charge is 2.12. The first-order valence-electron chi connectivity index (χ1n) is 6.15. The zero-order chi connectivity index (χ0) is 14.1. The number of halogens is 1. The number of carbonyl (C=O) groups excluding carboxylic acids is 1. The summed E-state index contributed by atoms with van der Waals surface area (Å²) in [6.45, 7) is 1.91. The van der Waals surface area contributed by atoms with Gasteiger partial charge in [-0.15, -0.1) is 0 Å². The minimum atomic E-state index is -0.163. The molecule has 0 atom stereocenters. The molecular weight excluding hydrogens is 318 g/mol. The lowest BCUT2D eigenvalue weighted by atomic mass is 10.2. The van der Waals surface area contributed by atoms with E-state index in [-0.39, 0.29) is 5.91 Å². The van der Waals surface area contributed by atoms with Crippen LogP contribution in [0, 0.1) is 6.92 Å². The second kappa shape index (κ2) is 5.09. The van der Waals surface area contributed by atoms with Crippen LogP contribution in [-0.4, -0.2) is 15.3 Å². The Morgan fingerprint density at radius 2 is 2.00 bits per heavy atom. The maximum absolute atomic E-state index is 12.3. The second-order valence-electron chi connectivity index (χ2n) is 4.50. The Hall–Kier alpha value is -2.14. The molecule has 0 aliphatic heterocycles. The molecule has 2 heterocycles. The number of carbonyl (C=O) groups is 1. The first kappa shape index (κ1) is 12.9. The lowest BCUT2D eigenvalue weighted by Crippen LogP contribution is -2.13. The van der Waals surface area contributed by atoms with Gasteiger partial charge in [0, 0.05) is 22.6 Å². The number of nitrogens with zero attached hydrogens (tertiary/aromatic N) is 2. The summed E-state index contributed by atoms with van der Waals surface area (Å²) >= 11 is 3.37. The van der Waals surface area contributed by atoms with Crippen molar-refractivity contribution in [2.75, 3.05) is 5.32 Å². The van der Waals surface area contributed by atoms with Crippen molar-refractivity contribution in [2.45, 2.75) is 6.92 Å². The van der Waals surface area contributed by atoms with Crippen molar-refractivity contribution in [1.82, 2.24) is 9.38 Å². The first-order chi connectivity index (χ1) is 9.63. The number of fused-ring (bicyclic) bond motifs is 1. The number of pyridine rings is 1. The third-order valence-corrected chi connectivity index (χ3v) is 3.48. The van der Waals surface area contributed by atoms with Gasteiger partial charge in [-0.3, -0.25) is 4.79 Å². The van der Waals surface area contributed by atoms with E-state index in [2.05, 4.69) is 26.2 Å². The van der Waals surface area contributed by atoms with Crippen LogP contribution in [0.25, 0.3) is 5.65 Å². The third kappa shape index (κ3) is 2.44. The minimum absolute atomic E-state index is 0.163. The first-order valence-corrected chi connectivity index (χ1v) is 6.94. The van der Waals surface area contributed by atoms with E-state index in [1.165, 1.54) is 0 Å². The van der Waals surface area contributed by atoms with E-state index >= 15 is 0 Å². The number of rotatable bonds is 2. The Kier molecular flexibility index (Phi) is 3.28. The third-order valence-electron chi connectivity index (χ3n) is 2.95. The number of aromatic nitrogens is 2. The van der Waals surface area contributed by atoms with Gasteiger partial charge in [-0.05, 0) is 43.3 Å². The average molecular weight is 330 g/mol. The van der Waals surface area contributed by atoms with Gasteiger partial charge in [-0.25, -0.2) is 4.98 Å². The van der Waals surface area contributed by atoms with Crippen LogP contribution in [0.2, 0.25) is 0 Å². The van der Waals surface area contributed by atoms with E-state index < -0.39 is 0 Å². The molecule has 0 spiro atoms. The van der Waals surface area contributed by atoms with Crippen molar-refractivity contribution in [3.8, 4) is 0 Å². The number of benzene rings is 1. The molecule has 5 heteroatoms. The monoisotopic (exact) mass is 329 g/mol.